The molecule has 0 bridgehead atoms. The molecular formula is C8H17NO3. The smallest absolute Gasteiger partial charge is 0.246 e. The Bertz CT molecular complexity index is 140. The summed E-state index contributed by atoms with van der Waals surface area (Å²) in [5.41, 5.74) is -0.223. The van der Waals surface area contributed by atoms with Gasteiger partial charge in [0.1, 0.15) is 6.61 Å². The maximum atomic E-state index is 11.0. The molecule has 0 aliphatic carbocycles. The van der Waals surface area contributed by atoms with Crippen LogP contribution >= 0.6 is 0 Å². The second kappa shape index (κ2) is 5.11. The molecule has 0 radical (unpaired) electrons. The lowest BCUT2D eigenvalue weighted by Crippen LogP contribution is -2.42. The fourth-order valence-corrected chi connectivity index (χ4v) is 0.684. The zero-order valence-corrected chi connectivity index (χ0v) is 7.89. The number of ether oxygens (including phenoxy) is 1. The van der Waals surface area contributed by atoms with E-state index in [1.165, 1.54) is 0 Å². The molecule has 0 fully saturated rings. The van der Waals surface area contributed by atoms with Gasteiger partial charge in [-0.25, -0.2) is 0 Å². The molecule has 0 atom stereocenters. The van der Waals surface area contributed by atoms with Gasteiger partial charge < -0.3 is 15.2 Å². The molecule has 0 heterocycles. The van der Waals surface area contributed by atoms with E-state index in [1.54, 1.807) is 0 Å². The minimum Gasteiger partial charge on any atom is -0.394 e. The van der Waals surface area contributed by atoms with Crippen molar-refractivity contribution < 1.29 is 14.6 Å². The Morgan fingerprint density at radius 1 is 1.50 bits per heavy atom. The van der Waals surface area contributed by atoms with Gasteiger partial charge in [-0.05, 0) is 20.8 Å². The summed E-state index contributed by atoms with van der Waals surface area (Å²) in [4.78, 5) is 11.0. The number of rotatable bonds is 4. The fourth-order valence-electron chi connectivity index (χ4n) is 0.684. The molecule has 4 nitrogen and oxygen atoms in total. The third kappa shape index (κ3) is 7.50. The first-order chi connectivity index (χ1) is 5.45. The molecule has 2 N–H and O–H groups in total. The summed E-state index contributed by atoms with van der Waals surface area (Å²) in [6.07, 6.45) is 0. The van der Waals surface area contributed by atoms with Gasteiger partial charge in [0, 0.05) is 5.54 Å². The van der Waals surface area contributed by atoms with Crippen molar-refractivity contribution in [3.05, 3.63) is 0 Å². The average molecular weight is 175 g/mol. The Morgan fingerprint density at radius 2 is 2.08 bits per heavy atom. The Morgan fingerprint density at radius 3 is 2.50 bits per heavy atom. The molecule has 4 heteroatoms. The lowest BCUT2D eigenvalue weighted by atomic mass is 10.1. The molecule has 0 rings (SSSR count). The SMILES string of the molecule is CC(C)(C)NC(=O)COCCO. The summed E-state index contributed by atoms with van der Waals surface area (Å²) in [6, 6.07) is 0. The van der Waals surface area contributed by atoms with Crippen molar-refractivity contribution in [2.24, 2.45) is 0 Å². The molecule has 0 aromatic carbocycles. The number of hydrogen-bond donors (Lipinski definition) is 2. The van der Waals surface area contributed by atoms with Gasteiger partial charge in [0.2, 0.25) is 5.91 Å². The minimum atomic E-state index is -0.223. The fraction of sp³-hybridized carbons (Fsp3) is 0.875. The number of carbonyl (C=O) groups excluding carboxylic acids is 1. The van der Waals surface area contributed by atoms with Gasteiger partial charge in [-0.1, -0.05) is 0 Å². The standard InChI is InChI=1S/C8H17NO3/c1-8(2,3)9-7(11)6-12-5-4-10/h10H,4-6H2,1-3H3,(H,9,11). The lowest BCUT2D eigenvalue weighted by Gasteiger charge is -2.20. The average Bonchev–Trinajstić information content (AvgIpc) is 1.84. The van der Waals surface area contributed by atoms with Crippen molar-refractivity contribution in [3.8, 4) is 0 Å². The van der Waals surface area contributed by atoms with Crippen molar-refractivity contribution in [1.82, 2.24) is 5.32 Å². The third-order valence-electron chi connectivity index (χ3n) is 0.983. The van der Waals surface area contributed by atoms with Crippen LogP contribution in [0.4, 0.5) is 0 Å². The third-order valence-corrected chi connectivity index (χ3v) is 0.983. The van der Waals surface area contributed by atoms with Crippen LogP contribution < -0.4 is 5.32 Å². The molecule has 0 spiro atoms. The lowest BCUT2D eigenvalue weighted by molar-refractivity contribution is -0.127. The Hall–Kier alpha value is -0.610. The summed E-state index contributed by atoms with van der Waals surface area (Å²) in [6.45, 7) is 5.86. The molecule has 0 aliphatic rings. The van der Waals surface area contributed by atoms with Gasteiger partial charge in [-0.2, -0.15) is 0 Å². The van der Waals surface area contributed by atoms with Crippen molar-refractivity contribution in [2.75, 3.05) is 19.8 Å². The first-order valence-corrected chi connectivity index (χ1v) is 3.95. The normalized spacial score (nSPS) is 11.3. The minimum absolute atomic E-state index is 0.0117. The predicted octanol–water partition coefficient (Wildman–Crippen LogP) is -0.0900. The number of amides is 1. The molecule has 0 aliphatic heterocycles. The number of aliphatic hydroxyl groups excluding tert-OH is 1. The highest BCUT2D eigenvalue weighted by Crippen LogP contribution is 1.97. The molecular weight excluding hydrogens is 158 g/mol. The zero-order valence-electron chi connectivity index (χ0n) is 7.89. The summed E-state index contributed by atoms with van der Waals surface area (Å²) >= 11 is 0. The highest BCUT2D eigenvalue weighted by Gasteiger charge is 2.12. The Labute approximate surface area is 72.9 Å². The summed E-state index contributed by atoms with van der Waals surface area (Å²) in [5, 5.41) is 11.1. The van der Waals surface area contributed by atoms with Crippen molar-refractivity contribution >= 4 is 5.91 Å². The molecule has 0 unspecified atom stereocenters. The molecule has 1 amide bonds. The number of carbonyl (C=O) groups is 1. The Balaban J connectivity index is 3.47. The molecule has 0 aromatic heterocycles. The van der Waals surface area contributed by atoms with Crippen molar-refractivity contribution in [1.29, 1.82) is 0 Å². The molecule has 72 valence electrons. The van der Waals surface area contributed by atoms with Crippen molar-refractivity contribution in [2.45, 2.75) is 26.3 Å². The van der Waals surface area contributed by atoms with Crippen molar-refractivity contribution in [3.63, 3.8) is 0 Å². The second-order valence-corrected chi connectivity index (χ2v) is 3.57. The van der Waals surface area contributed by atoms with Crippen LogP contribution in [-0.4, -0.2) is 36.4 Å². The quantitative estimate of drug-likeness (QED) is 0.587. The number of nitrogens with one attached hydrogen (secondary N) is 1. The van der Waals surface area contributed by atoms with Crippen LogP contribution in [0.15, 0.2) is 0 Å². The van der Waals surface area contributed by atoms with Crippen LogP contribution in [0.25, 0.3) is 0 Å². The van der Waals surface area contributed by atoms with Gasteiger partial charge in [0.25, 0.3) is 0 Å². The number of hydrogen-bond acceptors (Lipinski definition) is 3. The second-order valence-electron chi connectivity index (χ2n) is 3.57. The summed E-state index contributed by atoms with van der Waals surface area (Å²) < 4.78 is 4.83. The van der Waals surface area contributed by atoms with Crippen LogP contribution in [0.3, 0.4) is 0 Å². The van der Waals surface area contributed by atoms with Gasteiger partial charge in [-0.15, -0.1) is 0 Å². The van der Waals surface area contributed by atoms with E-state index in [4.69, 9.17) is 9.84 Å². The first-order valence-electron chi connectivity index (χ1n) is 3.95. The van der Waals surface area contributed by atoms with E-state index in [2.05, 4.69) is 5.32 Å². The zero-order chi connectivity index (χ0) is 9.61. The van der Waals surface area contributed by atoms with E-state index in [0.717, 1.165) is 0 Å². The van der Waals surface area contributed by atoms with E-state index in [-0.39, 0.29) is 31.3 Å². The molecule has 12 heavy (non-hydrogen) atoms. The van der Waals surface area contributed by atoms with Gasteiger partial charge in [-0.3, -0.25) is 4.79 Å². The van der Waals surface area contributed by atoms with Crippen LogP contribution in [0, 0.1) is 0 Å². The highest BCUT2D eigenvalue weighted by atomic mass is 16.5. The van der Waals surface area contributed by atoms with E-state index < -0.39 is 0 Å². The first kappa shape index (κ1) is 11.4. The van der Waals surface area contributed by atoms with Crippen LogP contribution in [0.2, 0.25) is 0 Å². The number of aliphatic hydroxyl groups is 1. The van der Waals surface area contributed by atoms with E-state index in [1.807, 2.05) is 20.8 Å². The van der Waals surface area contributed by atoms with E-state index >= 15 is 0 Å². The van der Waals surface area contributed by atoms with E-state index in [0.29, 0.717) is 0 Å². The van der Waals surface area contributed by atoms with Crippen LogP contribution in [0.1, 0.15) is 20.8 Å². The highest BCUT2D eigenvalue weighted by molar-refractivity contribution is 5.77. The molecule has 0 saturated carbocycles. The molecule has 0 saturated heterocycles. The van der Waals surface area contributed by atoms with Gasteiger partial charge in [0.05, 0.1) is 13.2 Å². The largest absolute Gasteiger partial charge is 0.394 e. The topological polar surface area (TPSA) is 58.6 Å². The van der Waals surface area contributed by atoms with Gasteiger partial charge >= 0.3 is 0 Å². The Kier molecular flexibility index (Phi) is 4.85. The van der Waals surface area contributed by atoms with Gasteiger partial charge in [0.15, 0.2) is 0 Å². The maximum absolute atomic E-state index is 11.0. The van der Waals surface area contributed by atoms with Crippen LogP contribution in [-0.2, 0) is 9.53 Å². The summed E-state index contributed by atoms with van der Waals surface area (Å²) in [7, 11) is 0. The predicted molar refractivity (Wildman–Crippen MR) is 45.8 cm³/mol. The van der Waals surface area contributed by atoms with E-state index in [9.17, 15) is 4.79 Å². The monoisotopic (exact) mass is 175 g/mol. The molecule has 0 aromatic rings. The summed E-state index contributed by atoms with van der Waals surface area (Å²) in [5.74, 6) is -0.157. The van der Waals surface area contributed by atoms with Crippen LogP contribution in [0.5, 0.6) is 0 Å². The maximum Gasteiger partial charge on any atom is 0.246 e.